The van der Waals surface area contributed by atoms with E-state index in [1.165, 1.54) is 0 Å². The normalized spacial score (nSPS) is 10.6. The maximum Gasteiger partial charge on any atom is 0.134 e. The summed E-state index contributed by atoms with van der Waals surface area (Å²) in [6, 6.07) is 7.97. The summed E-state index contributed by atoms with van der Waals surface area (Å²) in [5.74, 6) is 0.206. The van der Waals surface area contributed by atoms with Crippen LogP contribution in [-0.2, 0) is 11.2 Å². The Bertz CT molecular complexity index is 324. The van der Waals surface area contributed by atoms with Gasteiger partial charge in [0.25, 0.3) is 0 Å². The van der Waals surface area contributed by atoms with Gasteiger partial charge in [-0.3, -0.25) is 4.79 Å². The Hall–Kier alpha value is -1.37. The van der Waals surface area contributed by atoms with Gasteiger partial charge in [-0.05, 0) is 25.0 Å². The van der Waals surface area contributed by atoms with E-state index in [2.05, 4.69) is 0 Å². The van der Waals surface area contributed by atoms with E-state index in [0.29, 0.717) is 6.42 Å². The Balaban J connectivity index is 2.97. The van der Waals surface area contributed by atoms with Crippen LogP contribution in [0.5, 0.6) is 0 Å². The Morgan fingerprint density at radius 1 is 1.38 bits per heavy atom. The molecule has 1 rings (SSSR count). The highest BCUT2D eigenvalue weighted by Crippen LogP contribution is 2.11. The molecule has 0 aromatic heterocycles. The fourth-order valence-corrected chi connectivity index (χ4v) is 1.31. The van der Waals surface area contributed by atoms with Gasteiger partial charge in [-0.1, -0.05) is 36.4 Å². The van der Waals surface area contributed by atoms with E-state index in [4.69, 9.17) is 0 Å². The zero-order valence-electron chi connectivity index (χ0n) is 8.08. The molecule has 0 amide bonds. The Kier molecular flexibility index (Phi) is 3.44. The minimum absolute atomic E-state index is 0.206. The van der Waals surface area contributed by atoms with Gasteiger partial charge >= 0.3 is 0 Å². The van der Waals surface area contributed by atoms with Gasteiger partial charge in [-0.15, -0.1) is 0 Å². The van der Waals surface area contributed by atoms with Gasteiger partial charge in [0.2, 0.25) is 0 Å². The number of benzene rings is 1. The van der Waals surface area contributed by atoms with Crippen LogP contribution < -0.4 is 0 Å². The van der Waals surface area contributed by atoms with E-state index in [9.17, 15) is 4.79 Å². The van der Waals surface area contributed by atoms with Crippen molar-refractivity contribution in [2.75, 3.05) is 0 Å². The molecule has 0 bridgehead atoms. The van der Waals surface area contributed by atoms with Gasteiger partial charge in [-0.2, -0.15) is 0 Å². The molecule has 0 heterocycles. The standard InChI is InChI=1S/C12H14O/c1-3-6-11-7-4-5-8-12(11)9-10(2)13/h3-8H,9H2,1-2H3/b6-3+. The number of allylic oxidation sites excluding steroid dienone is 1. The highest BCUT2D eigenvalue weighted by Gasteiger charge is 2.00. The smallest absolute Gasteiger partial charge is 0.134 e. The zero-order valence-corrected chi connectivity index (χ0v) is 8.08. The summed E-state index contributed by atoms with van der Waals surface area (Å²) in [5, 5.41) is 0. The van der Waals surface area contributed by atoms with Gasteiger partial charge in [-0.25, -0.2) is 0 Å². The lowest BCUT2D eigenvalue weighted by atomic mass is 10.0. The van der Waals surface area contributed by atoms with Crippen LogP contribution in [0.15, 0.2) is 30.3 Å². The van der Waals surface area contributed by atoms with Crippen LogP contribution in [-0.4, -0.2) is 5.78 Å². The molecule has 1 nitrogen and oxygen atoms in total. The SMILES string of the molecule is C/C=C/c1ccccc1CC(C)=O. The topological polar surface area (TPSA) is 17.1 Å². The second-order valence-corrected chi connectivity index (χ2v) is 3.08. The summed E-state index contributed by atoms with van der Waals surface area (Å²) in [6.45, 7) is 3.59. The van der Waals surface area contributed by atoms with Crippen molar-refractivity contribution in [2.24, 2.45) is 0 Å². The molecule has 1 aromatic rings. The summed E-state index contributed by atoms with van der Waals surface area (Å²) in [5.41, 5.74) is 2.24. The summed E-state index contributed by atoms with van der Waals surface area (Å²) in [7, 11) is 0. The fourth-order valence-electron chi connectivity index (χ4n) is 1.31. The lowest BCUT2D eigenvalue weighted by Gasteiger charge is -2.02. The molecule has 0 atom stereocenters. The average Bonchev–Trinajstić information content (AvgIpc) is 2.08. The molecule has 0 radical (unpaired) electrons. The molecule has 68 valence electrons. The van der Waals surface area contributed by atoms with E-state index in [-0.39, 0.29) is 5.78 Å². The van der Waals surface area contributed by atoms with Gasteiger partial charge in [0.1, 0.15) is 5.78 Å². The predicted molar refractivity (Wildman–Crippen MR) is 55.5 cm³/mol. The minimum atomic E-state index is 0.206. The first kappa shape index (κ1) is 9.72. The second kappa shape index (κ2) is 4.61. The highest BCUT2D eigenvalue weighted by molar-refractivity contribution is 5.79. The number of rotatable bonds is 3. The molecule has 0 aliphatic carbocycles. The molecule has 0 aliphatic rings. The second-order valence-electron chi connectivity index (χ2n) is 3.08. The third-order valence-corrected chi connectivity index (χ3v) is 1.84. The quantitative estimate of drug-likeness (QED) is 0.688. The molecule has 0 aliphatic heterocycles. The number of carbonyl (C=O) groups excluding carboxylic acids is 1. The summed E-state index contributed by atoms with van der Waals surface area (Å²) >= 11 is 0. The largest absolute Gasteiger partial charge is 0.300 e. The van der Waals surface area contributed by atoms with E-state index in [1.807, 2.05) is 43.3 Å². The van der Waals surface area contributed by atoms with E-state index < -0.39 is 0 Å². The molecule has 0 unspecified atom stereocenters. The summed E-state index contributed by atoms with van der Waals surface area (Å²) < 4.78 is 0. The molecular weight excluding hydrogens is 160 g/mol. The fraction of sp³-hybridized carbons (Fsp3) is 0.250. The lowest BCUT2D eigenvalue weighted by Crippen LogP contribution is -1.97. The third-order valence-electron chi connectivity index (χ3n) is 1.84. The molecule has 0 spiro atoms. The van der Waals surface area contributed by atoms with Gasteiger partial charge < -0.3 is 0 Å². The van der Waals surface area contributed by atoms with E-state index >= 15 is 0 Å². The summed E-state index contributed by atoms with van der Waals surface area (Å²) in [6.07, 6.45) is 4.54. The van der Waals surface area contributed by atoms with Crippen LogP contribution in [0.1, 0.15) is 25.0 Å². The van der Waals surface area contributed by atoms with Gasteiger partial charge in [0, 0.05) is 6.42 Å². The van der Waals surface area contributed by atoms with Gasteiger partial charge in [0.05, 0.1) is 0 Å². The minimum Gasteiger partial charge on any atom is -0.300 e. The van der Waals surface area contributed by atoms with Crippen molar-refractivity contribution in [3.8, 4) is 0 Å². The van der Waals surface area contributed by atoms with Crippen LogP contribution in [0.2, 0.25) is 0 Å². The molecular formula is C12H14O. The monoisotopic (exact) mass is 174 g/mol. The maximum absolute atomic E-state index is 10.9. The van der Waals surface area contributed by atoms with Crippen LogP contribution in [0.3, 0.4) is 0 Å². The van der Waals surface area contributed by atoms with Crippen LogP contribution in [0.4, 0.5) is 0 Å². The van der Waals surface area contributed by atoms with Gasteiger partial charge in [0.15, 0.2) is 0 Å². The number of Topliss-reactive ketones (excluding diaryl/α,β-unsaturated/α-hetero) is 1. The van der Waals surface area contributed by atoms with Crippen molar-refractivity contribution in [2.45, 2.75) is 20.3 Å². The number of hydrogen-bond donors (Lipinski definition) is 0. The highest BCUT2D eigenvalue weighted by atomic mass is 16.1. The molecule has 0 saturated carbocycles. The van der Waals surface area contributed by atoms with E-state index in [0.717, 1.165) is 11.1 Å². The zero-order chi connectivity index (χ0) is 9.68. The average molecular weight is 174 g/mol. The molecule has 1 aromatic carbocycles. The van der Waals surface area contributed by atoms with Crippen molar-refractivity contribution in [1.82, 2.24) is 0 Å². The molecule has 1 heteroatoms. The van der Waals surface area contributed by atoms with Crippen molar-refractivity contribution in [3.63, 3.8) is 0 Å². The number of carbonyl (C=O) groups is 1. The molecule has 0 N–H and O–H groups in total. The van der Waals surface area contributed by atoms with Crippen molar-refractivity contribution >= 4 is 11.9 Å². The lowest BCUT2D eigenvalue weighted by molar-refractivity contribution is -0.116. The van der Waals surface area contributed by atoms with Crippen LogP contribution in [0.25, 0.3) is 6.08 Å². The summed E-state index contributed by atoms with van der Waals surface area (Å²) in [4.78, 5) is 10.9. The molecule has 0 saturated heterocycles. The maximum atomic E-state index is 10.9. The Morgan fingerprint density at radius 2 is 2.08 bits per heavy atom. The first-order valence-electron chi connectivity index (χ1n) is 4.44. The third kappa shape index (κ3) is 2.86. The predicted octanol–water partition coefficient (Wildman–Crippen LogP) is 2.85. The number of hydrogen-bond acceptors (Lipinski definition) is 1. The van der Waals surface area contributed by atoms with Crippen molar-refractivity contribution in [1.29, 1.82) is 0 Å². The Morgan fingerprint density at radius 3 is 2.69 bits per heavy atom. The van der Waals surface area contributed by atoms with Crippen molar-refractivity contribution in [3.05, 3.63) is 41.5 Å². The molecule has 13 heavy (non-hydrogen) atoms. The van der Waals surface area contributed by atoms with Crippen LogP contribution >= 0.6 is 0 Å². The Labute approximate surface area is 79.1 Å². The number of ketones is 1. The first-order chi connectivity index (χ1) is 6.24. The van der Waals surface area contributed by atoms with Crippen LogP contribution in [0, 0.1) is 0 Å². The van der Waals surface area contributed by atoms with E-state index in [1.54, 1.807) is 6.92 Å². The van der Waals surface area contributed by atoms with Crippen molar-refractivity contribution < 1.29 is 4.79 Å². The first-order valence-corrected chi connectivity index (χ1v) is 4.44. The molecule has 0 fully saturated rings.